The first-order chi connectivity index (χ1) is 10.5. The first-order valence-corrected chi connectivity index (χ1v) is 8.59. The topological polar surface area (TPSA) is 41.9 Å². The van der Waals surface area contributed by atoms with Crippen LogP contribution in [0.4, 0.5) is 0 Å². The number of benzene rings is 1. The Bertz CT molecular complexity index is 604. The van der Waals surface area contributed by atoms with Gasteiger partial charge in [-0.15, -0.1) is 0 Å². The molecule has 0 bridgehead atoms. The Balaban J connectivity index is 2.13. The van der Waals surface area contributed by atoms with Gasteiger partial charge in [0.1, 0.15) is 0 Å². The van der Waals surface area contributed by atoms with Crippen LogP contribution in [-0.2, 0) is 5.41 Å². The molecule has 1 fully saturated rings. The molecule has 0 radical (unpaired) electrons. The first-order valence-electron chi connectivity index (χ1n) is 7.51. The third kappa shape index (κ3) is 2.43. The standard InChI is InChI=1S/C17H22INO3/c1-19-7-6-17(5-4-12(20)10-15(17)19)11-8-13(18)16(22-3)14(9-11)21-2/h4-5,8-9,12,15,20H,6-7,10H2,1-3H3/t12-,15+,17+/m1/s1. The first kappa shape index (κ1) is 16.1. The minimum atomic E-state index is -0.349. The van der Waals surface area contributed by atoms with Gasteiger partial charge in [-0.05, 0) is 66.7 Å². The van der Waals surface area contributed by atoms with Gasteiger partial charge in [0, 0.05) is 11.5 Å². The highest BCUT2D eigenvalue weighted by atomic mass is 127. The Labute approximate surface area is 145 Å². The summed E-state index contributed by atoms with van der Waals surface area (Å²) in [5.74, 6) is 1.55. The van der Waals surface area contributed by atoms with Crippen LogP contribution in [-0.4, -0.2) is 50.0 Å². The van der Waals surface area contributed by atoms with E-state index in [2.05, 4.69) is 52.7 Å². The molecule has 1 saturated heterocycles. The number of aliphatic hydroxyl groups is 1. The lowest BCUT2D eigenvalue weighted by atomic mass is 9.69. The van der Waals surface area contributed by atoms with Crippen LogP contribution in [0.15, 0.2) is 24.3 Å². The van der Waals surface area contributed by atoms with Crippen molar-refractivity contribution in [3.63, 3.8) is 0 Å². The van der Waals surface area contributed by atoms with Crippen LogP contribution < -0.4 is 9.47 Å². The molecule has 1 aliphatic heterocycles. The van der Waals surface area contributed by atoms with Gasteiger partial charge < -0.3 is 19.5 Å². The molecule has 120 valence electrons. The van der Waals surface area contributed by atoms with Crippen molar-refractivity contribution in [2.24, 2.45) is 0 Å². The van der Waals surface area contributed by atoms with Gasteiger partial charge >= 0.3 is 0 Å². The third-order valence-corrected chi connectivity index (χ3v) is 5.86. The summed E-state index contributed by atoms with van der Waals surface area (Å²) in [4.78, 5) is 2.36. The zero-order valence-electron chi connectivity index (χ0n) is 13.2. The fraction of sp³-hybridized carbons (Fsp3) is 0.529. The second kappa shape index (κ2) is 6.02. The molecule has 0 spiro atoms. The average molecular weight is 415 g/mol. The summed E-state index contributed by atoms with van der Waals surface area (Å²) < 4.78 is 12.0. The van der Waals surface area contributed by atoms with Crippen LogP contribution in [0.1, 0.15) is 18.4 Å². The van der Waals surface area contributed by atoms with E-state index in [0.717, 1.165) is 34.5 Å². The second-order valence-corrected chi connectivity index (χ2v) is 7.30. The summed E-state index contributed by atoms with van der Waals surface area (Å²) in [6.45, 7) is 1.03. The van der Waals surface area contributed by atoms with Gasteiger partial charge in [0.05, 0.1) is 23.9 Å². The number of aliphatic hydroxyl groups excluding tert-OH is 1. The Hall–Kier alpha value is -0.790. The zero-order valence-corrected chi connectivity index (χ0v) is 15.3. The zero-order chi connectivity index (χ0) is 15.9. The molecule has 1 aromatic carbocycles. The van der Waals surface area contributed by atoms with Crippen LogP contribution in [0.3, 0.4) is 0 Å². The fourth-order valence-corrected chi connectivity index (χ4v) is 4.69. The van der Waals surface area contributed by atoms with E-state index in [9.17, 15) is 5.11 Å². The summed E-state index contributed by atoms with van der Waals surface area (Å²) in [6, 6.07) is 4.60. The summed E-state index contributed by atoms with van der Waals surface area (Å²) in [5.41, 5.74) is 1.19. The normalized spacial score (nSPS) is 31.1. The van der Waals surface area contributed by atoms with Crippen molar-refractivity contribution in [1.82, 2.24) is 4.90 Å². The van der Waals surface area contributed by atoms with Crippen LogP contribution in [0, 0.1) is 3.57 Å². The van der Waals surface area contributed by atoms with E-state index in [-0.39, 0.29) is 11.5 Å². The van der Waals surface area contributed by atoms with Crippen LogP contribution >= 0.6 is 22.6 Å². The van der Waals surface area contributed by atoms with Crippen LogP contribution in [0.5, 0.6) is 11.5 Å². The monoisotopic (exact) mass is 415 g/mol. The number of hydrogen-bond donors (Lipinski definition) is 1. The number of likely N-dealkylation sites (tertiary alicyclic amines) is 1. The summed E-state index contributed by atoms with van der Waals surface area (Å²) in [5, 5.41) is 10.0. The van der Waals surface area contributed by atoms with Crippen LogP contribution in [0.2, 0.25) is 0 Å². The summed E-state index contributed by atoms with van der Waals surface area (Å²) in [7, 11) is 5.49. The molecule has 3 rings (SSSR count). The lowest BCUT2D eigenvalue weighted by molar-refractivity contribution is 0.137. The maximum absolute atomic E-state index is 10.0. The van der Waals surface area contributed by atoms with Gasteiger partial charge in [0.2, 0.25) is 0 Å². The highest BCUT2D eigenvalue weighted by Gasteiger charge is 2.48. The summed E-state index contributed by atoms with van der Waals surface area (Å²) >= 11 is 2.30. The highest BCUT2D eigenvalue weighted by Crippen LogP contribution is 2.48. The number of ether oxygens (including phenoxy) is 2. The van der Waals surface area contributed by atoms with Gasteiger partial charge in [-0.2, -0.15) is 0 Å². The molecular weight excluding hydrogens is 393 g/mol. The molecule has 0 unspecified atom stereocenters. The van der Waals surface area contributed by atoms with Crippen molar-refractivity contribution >= 4 is 22.6 Å². The largest absolute Gasteiger partial charge is 0.493 e. The molecule has 0 saturated carbocycles. The van der Waals surface area contributed by atoms with E-state index >= 15 is 0 Å². The van der Waals surface area contributed by atoms with Gasteiger partial charge in [-0.1, -0.05) is 12.2 Å². The van der Waals surface area contributed by atoms with Gasteiger partial charge in [-0.3, -0.25) is 0 Å². The van der Waals surface area contributed by atoms with Gasteiger partial charge in [0.15, 0.2) is 11.5 Å². The highest BCUT2D eigenvalue weighted by molar-refractivity contribution is 14.1. The Morgan fingerprint density at radius 3 is 2.77 bits per heavy atom. The van der Waals surface area contributed by atoms with Crippen molar-refractivity contribution in [2.45, 2.75) is 30.4 Å². The SMILES string of the molecule is COc1cc([C@@]23C=C[C@@H](O)C[C@@H]2N(C)CC3)cc(I)c1OC. The quantitative estimate of drug-likeness (QED) is 0.609. The van der Waals surface area contributed by atoms with Crippen molar-refractivity contribution < 1.29 is 14.6 Å². The lowest BCUT2D eigenvalue weighted by Gasteiger charge is -2.39. The Kier molecular flexibility index (Phi) is 4.40. The molecule has 0 amide bonds. The van der Waals surface area contributed by atoms with Crippen LogP contribution in [0.25, 0.3) is 0 Å². The predicted molar refractivity (Wildman–Crippen MR) is 94.7 cm³/mol. The number of hydrogen-bond acceptors (Lipinski definition) is 4. The van der Waals surface area contributed by atoms with E-state index < -0.39 is 0 Å². The molecule has 22 heavy (non-hydrogen) atoms. The molecule has 4 nitrogen and oxygen atoms in total. The molecule has 3 atom stereocenters. The number of nitrogens with zero attached hydrogens (tertiary/aromatic N) is 1. The third-order valence-electron chi connectivity index (χ3n) is 5.06. The van der Waals surface area contributed by atoms with E-state index in [1.807, 2.05) is 6.08 Å². The molecule has 2 aliphatic rings. The predicted octanol–water partition coefficient (Wildman–Crippen LogP) is 2.57. The Morgan fingerprint density at radius 2 is 2.09 bits per heavy atom. The number of rotatable bonds is 3. The number of halogens is 1. The molecule has 1 aromatic rings. The van der Waals surface area contributed by atoms with Crippen molar-refractivity contribution in [2.75, 3.05) is 27.8 Å². The second-order valence-electron chi connectivity index (χ2n) is 6.14. The van der Waals surface area contributed by atoms with E-state index in [4.69, 9.17) is 9.47 Å². The minimum absolute atomic E-state index is 0.0482. The number of fused-ring (bicyclic) bond motifs is 1. The maximum Gasteiger partial charge on any atom is 0.174 e. The molecule has 1 aliphatic carbocycles. The molecular formula is C17H22INO3. The lowest BCUT2D eigenvalue weighted by Crippen LogP contribution is -2.44. The maximum atomic E-state index is 10.0. The van der Waals surface area contributed by atoms with Gasteiger partial charge in [-0.25, -0.2) is 0 Å². The van der Waals surface area contributed by atoms with E-state index in [1.165, 1.54) is 5.56 Å². The number of methoxy groups -OCH3 is 2. The van der Waals surface area contributed by atoms with Crippen molar-refractivity contribution in [1.29, 1.82) is 0 Å². The Morgan fingerprint density at radius 1 is 1.32 bits per heavy atom. The minimum Gasteiger partial charge on any atom is -0.493 e. The molecule has 5 heteroatoms. The fourth-order valence-electron chi connectivity index (χ4n) is 3.87. The molecule has 1 heterocycles. The van der Waals surface area contributed by atoms with Crippen molar-refractivity contribution in [3.05, 3.63) is 33.4 Å². The smallest absolute Gasteiger partial charge is 0.174 e. The average Bonchev–Trinajstić information content (AvgIpc) is 2.84. The molecule has 1 N–H and O–H groups in total. The number of likely N-dealkylation sites (N-methyl/N-ethyl adjacent to an activating group) is 1. The van der Waals surface area contributed by atoms with Crippen molar-refractivity contribution in [3.8, 4) is 11.5 Å². The van der Waals surface area contributed by atoms with Gasteiger partial charge in [0.25, 0.3) is 0 Å². The van der Waals surface area contributed by atoms with E-state index in [0.29, 0.717) is 6.04 Å². The van der Waals surface area contributed by atoms with E-state index in [1.54, 1.807) is 14.2 Å². The molecule has 0 aromatic heterocycles. The summed E-state index contributed by atoms with van der Waals surface area (Å²) in [6.07, 6.45) is 5.63.